The van der Waals surface area contributed by atoms with Crippen LogP contribution in [-0.2, 0) is 11.2 Å². The maximum atomic E-state index is 11.7. The van der Waals surface area contributed by atoms with E-state index in [0.717, 1.165) is 12.8 Å². The highest BCUT2D eigenvalue weighted by Crippen LogP contribution is 2.33. The maximum Gasteiger partial charge on any atom is 0.308 e. The average Bonchev–Trinajstić information content (AvgIpc) is 2.88. The van der Waals surface area contributed by atoms with Gasteiger partial charge in [0.25, 0.3) is 5.56 Å². The Balaban J connectivity index is 2.39. The molecule has 0 aromatic carbocycles. The van der Waals surface area contributed by atoms with Crippen LogP contribution in [0, 0.1) is 6.92 Å². The first kappa shape index (κ1) is 9.05. The summed E-state index contributed by atoms with van der Waals surface area (Å²) in [4.78, 5) is 22.2. The number of carboxylic acid groups (broad SMARTS) is 1. The third-order valence-corrected chi connectivity index (χ3v) is 2.46. The zero-order chi connectivity index (χ0) is 10.3. The Kier molecular flexibility index (Phi) is 1.94. The van der Waals surface area contributed by atoms with Gasteiger partial charge in [0, 0.05) is 5.69 Å². The van der Waals surface area contributed by atoms with Crippen molar-refractivity contribution < 1.29 is 9.90 Å². The predicted molar refractivity (Wildman–Crippen MR) is 49.4 cm³/mol. The molecule has 76 valence electrons. The minimum absolute atomic E-state index is 0.174. The van der Waals surface area contributed by atoms with E-state index in [4.69, 9.17) is 5.11 Å². The van der Waals surface area contributed by atoms with Crippen LogP contribution >= 0.6 is 0 Å². The summed E-state index contributed by atoms with van der Waals surface area (Å²) in [5.41, 5.74) is 0.876. The van der Waals surface area contributed by atoms with Gasteiger partial charge in [0.05, 0.1) is 18.0 Å². The predicted octanol–water partition coefficient (Wildman–Crippen LogP) is 0.447. The number of aryl methyl sites for hydroxylation is 1. The normalized spacial score (nSPS) is 15.8. The van der Waals surface area contributed by atoms with Crippen molar-refractivity contribution in [2.45, 2.75) is 32.2 Å². The van der Waals surface area contributed by atoms with Gasteiger partial charge in [-0.1, -0.05) is 0 Å². The Labute approximate surface area is 80.3 Å². The molecule has 2 N–H and O–H groups in total. The fourth-order valence-electron chi connectivity index (χ4n) is 1.55. The van der Waals surface area contributed by atoms with Crippen LogP contribution in [0.4, 0.5) is 0 Å². The van der Waals surface area contributed by atoms with Crippen LogP contribution in [0.15, 0.2) is 4.79 Å². The number of hydrogen-bond donors (Lipinski definition) is 2. The van der Waals surface area contributed by atoms with Gasteiger partial charge in [0.15, 0.2) is 0 Å². The Morgan fingerprint density at radius 2 is 2.29 bits per heavy atom. The summed E-state index contributed by atoms with van der Waals surface area (Å²) in [5.74, 6) is -0.966. The lowest BCUT2D eigenvalue weighted by molar-refractivity contribution is -0.136. The fourth-order valence-corrected chi connectivity index (χ4v) is 1.55. The molecule has 1 aromatic heterocycles. The van der Waals surface area contributed by atoms with Gasteiger partial charge >= 0.3 is 5.97 Å². The largest absolute Gasteiger partial charge is 0.481 e. The van der Waals surface area contributed by atoms with Crippen LogP contribution in [0.25, 0.3) is 0 Å². The molecule has 0 atom stereocenters. The highest BCUT2D eigenvalue weighted by Gasteiger charge is 2.27. The first-order valence-electron chi connectivity index (χ1n) is 4.61. The van der Waals surface area contributed by atoms with E-state index >= 15 is 0 Å². The van der Waals surface area contributed by atoms with Crippen molar-refractivity contribution in [2.24, 2.45) is 0 Å². The molecule has 1 heterocycles. The number of H-pyrrole nitrogens is 1. The number of aromatic nitrogens is 2. The second-order valence-electron chi connectivity index (χ2n) is 3.69. The van der Waals surface area contributed by atoms with Gasteiger partial charge in [-0.25, -0.2) is 4.68 Å². The molecule has 1 aliphatic carbocycles. The SMILES string of the molecule is Cc1[nH]n(C2CC2)c(=O)c1CC(=O)O. The summed E-state index contributed by atoms with van der Waals surface area (Å²) < 4.78 is 1.55. The van der Waals surface area contributed by atoms with Crippen LogP contribution in [0.2, 0.25) is 0 Å². The zero-order valence-corrected chi connectivity index (χ0v) is 7.91. The fraction of sp³-hybridized carbons (Fsp3) is 0.556. The van der Waals surface area contributed by atoms with Crippen molar-refractivity contribution >= 4 is 5.97 Å². The van der Waals surface area contributed by atoms with E-state index in [2.05, 4.69) is 5.10 Å². The number of hydrogen-bond acceptors (Lipinski definition) is 2. The molecule has 1 saturated carbocycles. The Morgan fingerprint density at radius 1 is 1.64 bits per heavy atom. The first-order chi connectivity index (χ1) is 6.59. The molecule has 0 unspecified atom stereocenters. The van der Waals surface area contributed by atoms with Crippen LogP contribution in [0.3, 0.4) is 0 Å². The second kappa shape index (κ2) is 3.01. The molecule has 0 bridgehead atoms. The summed E-state index contributed by atoms with van der Waals surface area (Å²) in [5, 5.41) is 11.5. The van der Waals surface area contributed by atoms with E-state index in [1.165, 1.54) is 0 Å². The number of carbonyl (C=O) groups is 1. The summed E-state index contributed by atoms with van der Waals surface area (Å²) >= 11 is 0. The molecule has 0 saturated heterocycles. The van der Waals surface area contributed by atoms with Crippen molar-refractivity contribution in [3.63, 3.8) is 0 Å². The molecule has 2 rings (SSSR count). The van der Waals surface area contributed by atoms with E-state index in [9.17, 15) is 9.59 Å². The monoisotopic (exact) mass is 196 g/mol. The molecule has 1 aromatic rings. The van der Waals surface area contributed by atoms with Crippen molar-refractivity contribution in [3.05, 3.63) is 21.6 Å². The van der Waals surface area contributed by atoms with Crippen molar-refractivity contribution in [1.82, 2.24) is 9.78 Å². The first-order valence-corrected chi connectivity index (χ1v) is 4.61. The molecule has 0 spiro atoms. The standard InChI is InChI=1S/C9H12N2O3/c1-5-7(4-8(12)13)9(14)11(10-5)6-2-3-6/h6,10H,2-4H2,1H3,(H,12,13). The van der Waals surface area contributed by atoms with Crippen molar-refractivity contribution in [2.75, 3.05) is 0 Å². The molecule has 1 fully saturated rings. The molecule has 14 heavy (non-hydrogen) atoms. The number of carboxylic acids is 1. The quantitative estimate of drug-likeness (QED) is 0.736. The highest BCUT2D eigenvalue weighted by molar-refractivity contribution is 5.70. The van der Waals surface area contributed by atoms with Crippen LogP contribution < -0.4 is 5.56 Å². The van der Waals surface area contributed by atoms with E-state index in [-0.39, 0.29) is 18.0 Å². The highest BCUT2D eigenvalue weighted by atomic mass is 16.4. The Morgan fingerprint density at radius 3 is 2.79 bits per heavy atom. The number of nitrogens with zero attached hydrogens (tertiary/aromatic N) is 1. The van der Waals surface area contributed by atoms with Crippen LogP contribution in [0.1, 0.15) is 30.1 Å². The minimum atomic E-state index is -0.966. The number of nitrogens with one attached hydrogen (secondary N) is 1. The van der Waals surface area contributed by atoms with E-state index < -0.39 is 5.97 Å². The summed E-state index contributed by atoms with van der Waals surface area (Å²) in [6.45, 7) is 1.73. The molecule has 5 heteroatoms. The number of aliphatic carboxylic acids is 1. The van der Waals surface area contributed by atoms with Gasteiger partial charge in [-0.2, -0.15) is 0 Å². The molecular formula is C9H12N2O3. The van der Waals surface area contributed by atoms with E-state index in [1.54, 1.807) is 11.6 Å². The molecule has 0 aliphatic heterocycles. The summed E-state index contributed by atoms with van der Waals surface area (Å²) in [6.07, 6.45) is 1.82. The van der Waals surface area contributed by atoms with Gasteiger partial charge < -0.3 is 5.11 Å². The second-order valence-corrected chi connectivity index (χ2v) is 3.69. The lowest BCUT2D eigenvalue weighted by atomic mass is 10.2. The van der Waals surface area contributed by atoms with Gasteiger partial charge in [-0.3, -0.25) is 14.7 Å². The molecular weight excluding hydrogens is 184 g/mol. The lowest BCUT2D eigenvalue weighted by Crippen LogP contribution is -2.19. The number of aromatic amines is 1. The van der Waals surface area contributed by atoms with Crippen molar-refractivity contribution in [1.29, 1.82) is 0 Å². The topological polar surface area (TPSA) is 75.1 Å². The maximum absolute atomic E-state index is 11.7. The van der Waals surface area contributed by atoms with Crippen molar-refractivity contribution in [3.8, 4) is 0 Å². The lowest BCUT2D eigenvalue weighted by Gasteiger charge is -1.94. The molecule has 5 nitrogen and oxygen atoms in total. The molecule has 0 radical (unpaired) electrons. The minimum Gasteiger partial charge on any atom is -0.481 e. The number of rotatable bonds is 3. The van der Waals surface area contributed by atoms with Gasteiger partial charge in [0.1, 0.15) is 0 Å². The average molecular weight is 196 g/mol. The third kappa shape index (κ3) is 1.45. The van der Waals surface area contributed by atoms with Crippen LogP contribution in [-0.4, -0.2) is 20.9 Å². The smallest absolute Gasteiger partial charge is 0.308 e. The van der Waals surface area contributed by atoms with Gasteiger partial charge in [0.2, 0.25) is 0 Å². The van der Waals surface area contributed by atoms with E-state index in [0.29, 0.717) is 11.3 Å². The summed E-state index contributed by atoms with van der Waals surface area (Å²) in [7, 11) is 0. The molecule has 1 aliphatic rings. The molecule has 0 amide bonds. The van der Waals surface area contributed by atoms with E-state index in [1.807, 2.05) is 0 Å². The third-order valence-electron chi connectivity index (χ3n) is 2.46. The Bertz CT molecular complexity index is 426. The summed E-state index contributed by atoms with van der Waals surface area (Å²) in [6, 6.07) is 0.267. The Hall–Kier alpha value is -1.52. The van der Waals surface area contributed by atoms with Gasteiger partial charge in [-0.05, 0) is 19.8 Å². The van der Waals surface area contributed by atoms with Gasteiger partial charge in [-0.15, -0.1) is 0 Å². The zero-order valence-electron chi connectivity index (χ0n) is 7.91. The van der Waals surface area contributed by atoms with Crippen LogP contribution in [0.5, 0.6) is 0 Å².